The van der Waals surface area contributed by atoms with Gasteiger partial charge in [-0.3, -0.25) is 9.59 Å². The summed E-state index contributed by atoms with van der Waals surface area (Å²) < 4.78 is 26.3. The highest BCUT2D eigenvalue weighted by atomic mass is 35.5. The normalized spacial score (nSPS) is 22.2. The van der Waals surface area contributed by atoms with E-state index in [2.05, 4.69) is 0 Å². The predicted molar refractivity (Wildman–Crippen MR) is 72.2 cm³/mol. The molecule has 0 bridgehead atoms. The SMILES string of the molecule is CC1CCC(C(=O)O)CN1C(=O)c1cc(F)c(F)cc1Cl. The second kappa shape index (κ2) is 5.97. The van der Waals surface area contributed by atoms with Gasteiger partial charge >= 0.3 is 5.97 Å². The van der Waals surface area contributed by atoms with Gasteiger partial charge in [0.05, 0.1) is 16.5 Å². The second-order valence-corrected chi connectivity index (χ2v) is 5.57. The van der Waals surface area contributed by atoms with Crippen LogP contribution in [0.25, 0.3) is 0 Å². The summed E-state index contributed by atoms with van der Waals surface area (Å²) in [6.45, 7) is 1.81. The van der Waals surface area contributed by atoms with Crippen LogP contribution in [-0.2, 0) is 4.79 Å². The number of halogens is 3. The number of carboxylic acids is 1. The van der Waals surface area contributed by atoms with Gasteiger partial charge in [0.25, 0.3) is 5.91 Å². The number of hydrogen-bond acceptors (Lipinski definition) is 2. The van der Waals surface area contributed by atoms with E-state index in [1.165, 1.54) is 4.90 Å². The fourth-order valence-corrected chi connectivity index (χ4v) is 2.66. The van der Waals surface area contributed by atoms with Crippen molar-refractivity contribution < 1.29 is 23.5 Å². The molecule has 1 aromatic rings. The van der Waals surface area contributed by atoms with Crippen LogP contribution in [0.3, 0.4) is 0 Å². The Bertz CT molecular complexity index is 594. The summed E-state index contributed by atoms with van der Waals surface area (Å²) in [6.07, 6.45) is 1.01. The average Bonchev–Trinajstić information content (AvgIpc) is 2.42. The van der Waals surface area contributed by atoms with Crippen molar-refractivity contribution in [3.63, 3.8) is 0 Å². The van der Waals surface area contributed by atoms with Gasteiger partial charge in [0, 0.05) is 12.6 Å². The number of amides is 1. The molecule has 21 heavy (non-hydrogen) atoms. The Morgan fingerprint density at radius 1 is 1.29 bits per heavy atom. The van der Waals surface area contributed by atoms with Crippen molar-refractivity contribution in [2.24, 2.45) is 5.92 Å². The van der Waals surface area contributed by atoms with Crippen molar-refractivity contribution in [1.29, 1.82) is 0 Å². The lowest BCUT2D eigenvalue weighted by atomic mass is 9.93. The predicted octanol–water partition coefficient (Wildman–Crippen LogP) is 2.94. The van der Waals surface area contributed by atoms with Crippen molar-refractivity contribution in [3.05, 3.63) is 34.4 Å². The topological polar surface area (TPSA) is 57.6 Å². The number of carboxylic acid groups (broad SMARTS) is 1. The molecule has 0 spiro atoms. The smallest absolute Gasteiger partial charge is 0.308 e. The molecule has 0 radical (unpaired) electrons. The van der Waals surface area contributed by atoms with Crippen LogP contribution in [0.1, 0.15) is 30.1 Å². The van der Waals surface area contributed by atoms with E-state index in [0.717, 1.165) is 12.1 Å². The molecule has 7 heteroatoms. The quantitative estimate of drug-likeness (QED) is 0.853. The van der Waals surface area contributed by atoms with Crippen LogP contribution in [0, 0.1) is 17.6 Å². The van der Waals surface area contributed by atoms with Crippen LogP contribution in [0.5, 0.6) is 0 Å². The molecule has 114 valence electrons. The molecule has 1 aromatic carbocycles. The number of likely N-dealkylation sites (tertiary alicyclic amines) is 1. The van der Waals surface area contributed by atoms with Gasteiger partial charge in [-0.05, 0) is 31.9 Å². The van der Waals surface area contributed by atoms with E-state index in [4.69, 9.17) is 16.7 Å². The number of carbonyl (C=O) groups is 2. The summed E-state index contributed by atoms with van der Waals surface area (Å²) in [5.74, 6) is -4.52. The minimum absolute atomic E-state index is 0.0324. The fraction of sp³-hybridized carbons (Fsp3) is 0.429. The molecule has 2 atom stereocenters. The number of aliphatic carboxylic acids is 1. The first kappa shape index (κ1) is 15.7. The standard InChI is InChI=1S/C14H14ClF2NO3/c1-7-2-3-8(14(20)21)6-18(7)13(19)9-4-11(16)12(17)5-10(9)15/h4-5,7-8H,2-3,6H2,1H3,(H,20,21). The minimum atomic E-state index is -1.16. The first-order valence-electron chi connectivity index (χ1n) is 6.49. The number of hydrogen-bond donors (Lipinski definition) is 1. The molecular formula is C14H14ClF2NO3. The molecule has 2 unspecified atom stereocenters. The van der Waals surface area contributed by atoms with E-state index < -0.39 is 29.4 Å². The van der Waals surface area contributed by atoms with Crippen molar-refractivity contribution in [1.82, 2.24) is 4.90 Å². The molecule has 4 nitrogen and oxygen atoms in total. The molecule has 0 aliphatic carbocycles. The Balaban J connectivity index is 2.30. The highest BCUT2D eigenvalue weighted by Gasteiger charge is 2.33. The van der Waals surface area contributed by atoms with Gasteiger partial charge < -0.3 is 10.0 Å². The van der Waals surface area contributed by atoms with E-state index in [1.807, 2.05) is 0 Å². The third-order valence-electron chi connectivity index (χ3n) is 3.73. The number of piperidine rings is 1. The van der Waals surface area contributed by atoms with E-state index in [0.29, 0.717) is 12.8 Å². The second-order valence-electron chi connectivity index (χ2n) is 5.17. The van der Waals surface area contributed by atoms with E-state index >= 15 is 0 Å². The van der Waals surface area contributed by atoms with E-state index in [9.17, 15) is 18.4 Å². The summed E-state index contributed by atoms with van der Waals surface area (Å²) in [5, 5.41) is 8.86. The van der Waals surface area contributed by atoms with Crippen LogP contribution in [-0.4, -0.2) is 34.5 Å². The van der Waals surface area contributed by atoms with Crippen LogP contribution >= 0.6 is 11.6 Å². The van der Waals surface area contributed by atoms with Crippen LogP contribution in [0.15, 0.2) is 12.1 Å². The van der Waals surface area contributed by atoms with E-state index in [1.54, 1.807) is 6.92 Å². The Morgan fingerprint density at radius 3 is 2.52 bits per heavy atom. The van der Waals surface area contributed by atoms with Crippen molar-refractivity contribution in [3.8, 4) is 0 Å². The summed E-state index contributed by atoms with van der Waals surface area (Å²) in [5.41, 5.74) is -0.159. The number of nitrogens with zero attached hydrogens (tertiary/aromatic N) is 1. The van der Waals surface area contributed by atoms with Gasteiger partial charge in [-0.15, -0.1) is 0 Å². The van der Waals surface area contributed by atoms with Gasteiger partial charge in [-0.1, -0.05) is 11.6 Å². The number of benzene rings is 1. The van der Waals surface area contributed by atoms with Crippen molar-refractivity contribution >= 4 is 23.5 Å². The fourth-order valence-electron chi connectivity index (χ4n) is 2.43. The van der Waals surface area contributed by atoms with Crippen LogP contribution in [0.4, 0.5) is 8.78 Å². The molecule has 1 saturated heterocycles. The molecule has 1 amide bonds. The van der Waals surface area contributed by atoms with Crippen molar-refractivity contribution in [2.45, 2.75) is 25.8 Å². The summed E-state index contributed by atoms with van der Waals surface area (Å²) in [7, 11) is 0. The monoisotopic (exact) mass is 317 g/mol. The molecular weight excluding hydrogens is 304 g/mol. The third-order valence-corrected chi connectivity index (χ3v) is 4.05. The molecule has 1 aliphatic heterocycles. The zero-order valence-corrected chi connectivity index (χ0v) is 12.0. The first-order chi connectivity index (χ1) is 9.81. The zero-order valence-electron chi connectivity index (χ0n) is 11.3. The molecule has 1 N–H and O–H groups in total. The van der Waals surface area contributed by atoms with Gasteiger partial charge in [0.15, 0.2) is 11.6 Å². The lowest BCUT2D eigenvalue weighted by Gasteiger charge is -2.36. The highest BCUT2D eigenvalue weighted by molar-refractivity contribution is 6.33. The van der Waals surface area contributed by atoms with Gasteiger partial charge in [-0.2, -0.15) is 0 Å². The lowest BCUT2D eigenvalue weighted by molar-refractivity contribution is -0.143. The Kier molecular flexibility index (Phi) is 4.46. The van der Waals surface area contributed by atoms with Crippen molar-refractivity contribution in [2.75, 3.05) is 6.54 Å². The number of carbonyl (C=O) groups excluding carboxylic acids is 1. The Morgan fingerprint density at radius 2 is 1.90 bits per heavy atom. The van der Waals surface area contributed by atoms with Crippen LogP contribution in [0.2, 0.25) is 5.02 Å². The maximum absolute atomic E-state index is 13.3. The number of rotatable bonds is 2. The molecule has 0 aromatic heterocycles. The van der Waals surface area contributed by atoms with Gasteiger partial charge in [0.1, 0.15) is 0 Å². The summed E-state index contributed by atoms with van der Waals surface area (Å²) >= 11 is 5.79. The van der Waals surface area contributed by atoms with Crippen LogP contribution < -0.4 is 0 Å². The maximum Gasteiger partial charge on any atom is 0.308 e. The van der Waals surface area contributed by atoms with Gasteiger partial charge in [0.2, 0.25) is 0 Å². The molecule has 1 fully saturated rings. The third kappa shape index (κ3) is 3.15. The van der Waals surface area contributed by atoms with Gasteiger partial charge in [-0.25, -0.2) is 8.78 Å². The van der Waals surface area contributed by atoms with E-state index in [-0.39, 0.29) is 23.2 Å². The minimum Gasteiger partial charge on any atom is -0.481 e. The Labute approximate surface area is 125 Å². The maximum atomic E-state index is 13.3. The zero-order chi connectivity index (χ0) is 15.7. The Hall–Kier alpha value is -1.69. The summed E-state index contributed by atoms with van der Waals surface area (Å²) in [6, 6.07) is 1.31. The molecule has 1 heterocycles. The largest absolute Gasteiger partial charge is 0.481 e. The summed E-state index contributed by atoms with van der Waals surface area (Å²) in [4.78, 5) is 24.8. The molecule has 2 rings (SSSR count). The molecule has 1 aliphatic rings. The lowest BCUT2D eigenvalue weighted by Crippen LogP contribution is -2.47. The first-order valence-corrected chi connectivity index (χ1v) is 6.87. The molecule has 0 saturated carbocycles. The average molecular weight is 318 g/mol. The highest BCUT2D eigenvalue weighted by Crippen LogP contribution is 2.27.